The summed E-state index contributed by atoms with van der Waals surface area (Å²) < 4.78 is 33.1. The molecule has 0 aliphatic heterocycles. The standard InChI is InChI=1S/C23H19N3O4S2/c1-30-19-12-10-17(11-13-19)26-32(28,29)20-9-5-8-18(14-20)24-22(27)21-15-31-23(25-21)16-6-3-2-4-7-16/h2-15,26H,1H3,(H,24,27). The van der Waals surface area contributed by atoms with E-state index in [0.717, 1.165) is 10.6 Å². The summed E-state index contributed by atoms with van der Waals surface area (Å²) in [7, 11) is -2.31. The molecule has 7 nitrogen and oxygen atoms in total. The number of aromatic nitrogens is 1. The maximum absolute atomic E-state index is 12.8. The molecule has 4 rings (SSSR count). The predicted octanol–water partition coefficient (Wildman–Crippen LogP) is 4.87. The fourth-order valence-electron chi connectivity index (χ4n) is 2.90. The fraction of sp³-hybridized carbons (Fsp3) is 0.0435. The van der Waals surface area contributed by atoms with E-state index in [4.69, 9.17) is 4.74 Å². The van der Waals surface area contributed by atoms with E-state index in [-0.39, 0.29) is 10.6 Å². The summed E-state index contributed by atoms with van der Waals surface area (Å²) >= 11 is 1.37. The number of benzene rings is 3. The van der Waals surface area contributed by atoms with Crippen molar-refractivity contribution in [3.8, 4) is 16.3 Å². The number of carbonyl (C=O) groups is 1. The fourth-order valence-corrected chi connectivity index (χ4v) is 4.81. The van der Waals surface area contributed by atoms with Crippen molar-refractivity contribution in [2.45, 2.75) is 4.90 Å². The van der Waals surface area contributed by atoms with E-state index < -0.39 is 15.9 Å². The molecule has 1 amide bonds. The second-order valence-corrected chi connectivity index (χ2v) is 9.26. The Morgan fingerprint density at radius 2 is 1.69 bits per heavy atom. The van der Waals surface area contributed by atoms with Gasteiger partial charge in [0.05, 0.1) is 12.0 Å². The van der Waals surface area contributed by atoms with Crippen molar-refractivity contribution < 1.29 is 17.9 Å². The molecule has 3 aromatic carbocycles. The second-order valence-electron chi connectivity index (χ2n) is 6.72. The molecule has 0 saturated heterocycles. The number of hydrogen-bond acceptors (Lipinski definition) is 6. The molecule has 0 fully saturated rings. The Balaban J connectivity index is 1.49. The average Bonchev–Trinajstić information content (AvgIpc) is 3.31. The van der Waals surface area contributed by atoms with Crippen LogP contribution in [0.3, 0.4) is 0 Å². The number of anilines is 2. The summed E-state index contributed by atoms with van der Waals surface area (Å²) in [5.41, 5.74) is 1.94. The number of sulfonamides is 1. The van der Waals surface area contributed by atoms with Gasteiger partial charge in [0.15, 0.2) is 0 Å². The Kier molecular flexibility index (Phi) is 6.20. The Hall–Kier alpha value is -3.69. The van der Waals surface area contributed by atoms with Gasteiger partial charge in [0.2, 0.25) is 0 Å². The van der Waals surface area contributed by atoms with Crippen LogP contribution in [-0.4, -0.2) is 26.4 Å². The Labute approximate surface area is 189 Å². The van der Waals surface area contributed by atoms with Gasteiger partial charge >= 0.3 is 0 Å². The SMILES string of the molecule is COc1ccc(NS(=O)(=O)c2cccc(NC(=O)c3csc(-c4ccccc4)n3)c2)cc1. The van der Waals surface area contributed by atoms with E-state index in [1.807, 2.05) is 30.3 Å². The highest BCUT2D eigenvalue weighted by atomic mass is 32.2. The lowest BCUT2D eigenvalue weighted by molar-refractivity contribution is 0.102. The first-order chi connectivity index (χ1) is 15.4. The lowest BCUT2D eigenvalue weighted by atomic mass is 10.2. The third-order valence-corrected chi connectivity index (χ3v) is 6.77. The van der Waals surface area contributed by atoms with E-state index >= 15 is 0 Å². The molecule has 0 unspecified atom stereocenters. The summed E-state index contributed by atoms with van der Waals surface area (Å²) in [5, 5.41) is 5.11. The number of thiazole rings is 1. The molecule has 0 saturated carbocycles. The summed E-state index contributed by atoms with van der Waals surface area (Å²) in [6, 6.07) is 22.1. The molecule has 0 spiro atoms. The lowest BCUT2D eigenvalue weighted by Gasteiger charge is -2.10. The monoisotopic (exact) mass is 465 g/mol. The van der Waals surface area contributed by atoms with Gasteiger partial charge in [-0.05, 0) is 42.5 Å². The van der Waals surface area contributed by atoms with Crippen LogP contribution in [-0.2, 0) is 10.0 Å². The van der Waals surface area contributed by atoms with Gasteiger partial charge in [-0.1, -0.05) is 36.4 Å². The van der Waals surface area contributed by atoms with Gasteiger partial charge in [-0.15, -0.1) is 11.3 Å². The summed E-state index contributed by atoms with van der Waals surface area (Å²) in [6.07, 6.45) is 0. The largest absolute Gasteiger partial charge is 0.497 e. The van der Waals surface area contributed by atoms with Crippen molar-refractivity contribution in [3.05, 3.63) is 89.9 Å². The zero-order valence-corrected chi connectivity index (χ0v) is 18.6. The molecule has 0 radical (unpaired) electrons. The van der Waals surface area contributed by atoms with Crippen molar-refractivity contribution in [1.29, 1.82) is 0 Å². The quantitative estimate of drug-likeness (QED) is 0.406. The molecule has 0 aliphatic rings. The van der Waals surface area contributed by atoms with Gasteiger partial charge in [-0.25, -0.2) is 13.4 Å². The molecule has 1 heterocycles. The molecular formula is C23H19N3O4S2. The van der Waals surface area contributed by atoms with Crippen LogP contribution < -0.4 is 14.8 Å². The van der Waals surface area contributed by atoms with Gasteiger partial charge < -0.3 is 10.1 Å². The first kappa shape index (κ1) is 21.5. The summed E-state index contributed by atoms with van der Waals surface area (Å²) in [4.78, 5) is 17.0. The van der Waals surface area contributed by atoms with Gasteiger partial charge in [-0.2, -0.15) is 0 Å². The van der Waals surface area contributed by atoms with Crippen LogP contribution in [0.5, 0.6) is 5.75 Å². The third-order valence-electron chi connectivity index (χ3n) is 4.50. The van der Waals surface area contributed by atoms with E-state index in [1.165, 1.54) is 30.6 Å². The zero-order valence-electron chi connectivity index (χ0n) is 17.0. The second kappa shape index (κ2) is 9.21. The van der Waals surface area contributed by atoms with E-state index in [2.05, 4.69) is 15.0 Å². The molecule has 2 N–H and O–H groups in total. The zero-order chi connectivity index (χ0) is 22.6. The van der Waals surface area contributed by atoms with Crippen LogP contribution in [0.4, 0.5) is 11.4 Å². The summed E-state index contributed by atoms with van der Waals surface area (Å²) in [6.45, 7) is 0. The molecule has 162 valence electrons. The minimum absolute atomic E-state index is 0.0226. The molecule has 0 aliphatic carbocycles. The Morgan fingerprint density at radius 3 is 2.41 bits per heavy atom. The van der Waals surface area contributed by atoms with E-state index in [9.17, 15) is 13.2 Å². The number of methoxy groups -OCH3 is 1. The minimum Gasteiger partial charge on any atom is -0.497 e. The van der Waals surface area contributed by atoms with Crippen LogP contribution in [0.1, 0.15) is 10.5 Å². The van der Waals surface area contributed by atoms with Crippen LogP contribution in [0.15, 0.2) is 89.1 Å². The Morgan fingerprint density at radius 1 is 0.938 bits per heavy atom. The van der Waals surface area contributed by atoms with Crippen molar-refractivity contribution >= 4 is 38.6 Å². The number of hydrogen-bond donors (Lipinski definition) is 2. The van der Waals surface area contributed by atoms with E-state index in [1.54, 1.807) is 41.8 Å². The molecule has 1 aromatic heterocycles. The molecule has 0 bridgehead atoms. The smallest absolute Gasteiger partial charge is 0.275 e. The maximum Gasteiger partial charge on any atom is 0.275 e. The molecule has 0 atom stereocenters. The van der Waals surface area contributed by atoms with Gasteiger partial charge in [0.1, 0.15) is 16.5 Å². The number of ether oxygens (including phenoxy) is 1. The number of nitrogens with one attached hydrogen (secondary N) is 2. The molecule has 9 heteroatoms. The Bertz CT molecular complexity index is 1340. The third kappa shape index (κ3) is 4.96. The molecular weight excluding hydrogens is 446 g/mol. The lowest BCUT2D eigenvalue weighted by Crippen LogP contribution is -2.15. The average molecular weight is 466 g/mol. The highest BCUT2D eigenvalue weighted by Crippen LogP contribution is 2.25. The van der Waals surface area contributed by atoms with Crippen molar-refractivity contribution in [3.63, 3.8) is 0 Å². The minimum atomic E-state index is -3.84. The highest BCUT2D eigenvalue weighted by molar-refractivity contribution is 7.92. The highest BCUT2D eigenvalue weighted by Gasteiger charge is 2.17. The van der Waals surface area contributed by atoms with Crippen molar-refractivity contribution in [1.82, 2.24) is 4.98 Å². The van der Waals surface area contributed by atoms with Crippen LogP contribution in [0.25, 0.3) is 10.6 Å². The molecule has 32 heavy (non-hydrogen) atoms. The van der Waals surface area contributed by atoms with Crippen LogP contribution in [0.2, 0.25) is 0 Å². The van der Waals surface area contributed by atoms with E-state index in [0.29, 0.717) is 17.1 Å². The number of nitrogens with zero attached hydrogens (tertiary/aromatic N) is 1. The normalized spacial score (nSPS) is 11.0. The van der Waals surface area contributed by atoms with Crippen LogP contribution in [0, 0.1) is 0 Å². The topological polar surface area (TPSA) is 97.4 Å². The van der Waals surface area contributed by atoms with Crippen molar-refractivity contribution in [2.24, 2.45) is 0 Å². The first-order valence-electron chi connectivity index (χ1n) is 9.54. The number of amides is 1. The number of carbonyl (C=O) groups excluding carboxylic acids is 1. The summed E-state index contributed by atoms with van der Waals surface area (Å²) in [5.74, 6) is 0.205. The van der Waals surface area contributed by atoms with Gasteiger partial charge in [0.25, 0.3) is 15.9 Å². The van der Waals surface area contributed by atoms with Gasteiger partial charge in [0, 0.05) is 22.3 Å². The maximum atomic E-state index is 12.8. The molecule has 4 aromatic rings. The van der Waals surface area contributed by atoms with Crippen LogP contribution >= 0.6 is 11.3 Å². The van der Waals surface area contributed by atoms with Crippen molar-refractivity contribution in [2.75, 3.05) is 17.1 Å². The first-order valence-corrected chi connectivity index (χ1v) is 11.9. The number of rotatable bonds is 7. The van der Waals surface area contributed by atoms with Gasteiger partial charge in [-0.3, -0.25) is 9.52 Å². The predicted molar refractivity (Wildman–Crippen MR) is 126 cm³/mol.